The zero-order valence-corrected chi connectivity index (χ0v) is 21.5. The number of fused-ring (bicyclic) bond motifs is 2. The van der Waals surface area contributed by atoms with Crippen molar-refractivity contribution in [2.45, 2.75) is 88.9 Å². The molecule has 0 radical (unpaired) electrons. The van der Waals surface area contributed by atoms with Gasteiger partial charge in [-0.15, -0.1) is 0 Å². The van der Waals surface area contributed by atoms with Crippen LogP contribution in [0.2, 0.25) is 0 Å². The van der Waals surface area contributed by atoms with Gasteiger partial charge >= 0.3 is 0 Å². The van der Waals surface area contributed by atoms with Crippen LogP contribution in [-0.4, -0.2) is 0 Å². The molecule has 0 heterocycles. The summed E-state index contributed by atoms with van der Waals surface area (Å²) in [5.41, 5.74) is 3.67. The fourth-order valence-corrected chi connectivity index (χ4v) is 7.46. The van der Waals surface area contributed by atoms with Crippen LogP contribution in [-0.2, 0) is 10.8 Å². The molecule has 3 aromatic rings. The molecule has 2 aliphatic rings. The molecule has 158 valence electrons. The fraction of sp³-hybridized carbons (Fsp3) is 0.500. The van der Waals surface area contributed by atoms with Gasteiger partial charge in [0.05, 0.1) is 0 Å². The maximum Gasteiger partial charge on any atom is 0.0333 e. The Morgan fingerprint density at radius 1 is 0.533 bits per heavy atom. The highest BCUT2D eigenvalue weighted by Crippen LogP contribution is 2.46. The number of halogens is 2. The van der Waals surface area contributed by atoms with Crippen molar-refractivity contribution >= 4 is 53.4 Å². The maximum atomic E-state index is 4.01. The third-order valence-electron chi connectivity index (χ3n) is 8.29. The van der Waals surface area contributed by atoms with E-state index in [0.29, 0.717) is 10.8 Å². The van der Waals surface area contributed by atoms with E-state index in [0.717, 1.165) is 0 Å². The SMILES string of the molecule is CC1(c2ccc3c(Br)c4cc(C5(C)CCCCC5)ccc4c(Br)c3c2)CCCCC1. The van der Waals surface area contributed by atoms with E-state index in [1.165, 1.54) is 106 Å². The van der Waals surface area contributed by atoms with Crippen LogP contribution >= 0.6 is 31.9 Å². The molecular formula is C28H32Br2. The van der Waals surface area contributed by atoms with Crippen LogP contribution in [0.1, 0.15) is 89.2 Å². The summed E-state index contributed by atoms with van der Waals surface area (Å²) in [4.78, 5) is 0. The molecule has 0 atom stereocenters. The number of benzene rings is 3. The lowest BCUT2D eigenvalue weighted by molar-refractivity contribution is 0.320. The lowest BCUT2D eigenvalue weighted by atomic mass is 9.70. The number of hydrogen-bond acceptors (Lipinski definition) is 0. The summed E-state index contributed by atoms with van der Waals surface area (Å²) in [6.45, 7) is 4.93. The Balaban J connectivity index is 1.66. The third kappa shape index (κ3) is 3.47. The predicted octanol–water partition coefficient (Wildman–Crippen LogP) is 9.96. The van der Waals surface area contributed by atoms with E-state index in [9.17, 15) is 0 Å². The molecule has 0 saturated heterocycles. The van der Waals surface area contributed by atoms with Gasteiger partial charge in [0.15, 0.2) is 0 Å². The molecule has 0 aliphatic heterocycles. The monoisotopic (exact) mass is 526 g/mol. The Morgan fingerprint density at radius 3 is 1.27 bits per heavy atom. The summed E-state index contributed by atoms with van der Waals surface area (Å²) < 4.78 is 2.50. The molecule has 0 aromatic heterocycles. The van der Waals surface area contributed by atoms with Crippen LogP contribution in [0.15, 0.2) is 45.3 Å². The Hall–Kier alpha value is -0.860. The highest BCUT2D eigenvalue weighted by atomic mass is 79.9. The van der Waals surface area contributed by atoms with Crippen molar-refractivity contribution in [3.63, 3.8) is 0 Å². The van der Waals surface area contributed by atoms with Gasteiger partial charge in [-0.05, 0) is 113 Å². The highest BCUT2D eigenvalue weighted by molar-refractivity contribution is 9.11. The Labute approximate surface area is 198 Å². The van der Waals surface area contributed by atoms with Crippen LogP contribution in [0.25, 0.3) is 21.5 Å². The number of rotatable bonds is 2. The Bertz CT molecular complexity index is 1010. The minimum absolute atomic E-state index is 0.326. The first-order valence-electron chi connectivity index (χ1n) is 11.8. The lowest BCUT2D eigenvalue weighted by Crippen LogP contribution is -2.25. The van der Waals surface area contributed by atoms with Gasteiger partial charge in [0.2, 0.25) is 0 Å². The van der Waals surface area contributed by atoms with E-state index >= 15 is 0 Å². The van der Waals surface area contributed by atoms with Crippen molar-refractivity contribution in [1.82, 2.24) is 0 Å². The second kappa shape index (κ2) is 7.93. The average molecular weight is 528 g/mol. The first-order valence-corrected chi connectivity index (χ1v) is 13.4. The maximum absolute atomic E-state index is 4.01. The molecular weight excluding hydrogens is 496 g/mol. The predicted molar refractivity (Wildman–Crippen MR) is 138 cm³/mol. The molecule has 2 saturated carbocycles. The van der Waals surface area contributed by atoms with Crippen LogP contribution < -0.4 is 0 Å². The van der Waals surface area contributed by atoms with Crippen LogP contribution in [0.5, 0.6) is 0 Å². The fourth-order valence-electron chi connectivity index (χ4n) is 6.12. The molecule has 2 fully saturated rings. The summed E-state index contributed by atoms with van der Waals surface area (Å²) in [5, 5.41) is 5.33. The van der Waals surface area contributed by atoms with Crippen molar-refractivity contribution in [1.29, 1.82) is 0 Å². The molecule has 0 amide bonds. The first-order chi connectivity index (χ1) is 14.4. The first kappa shape index (κ1) is 21.0. The van der Waals surface area contributed by atoms with Crippen molar-refractivity contribution < 1.29 is 0 Å². The quantitative estimate of drug-likeness (QED) is 0.291. The standard InChI is InChI=1S/C28H32Br2/c1-27(13-5-3-6-14-27)19-9-11-21-23(17-19)25(29)22-12-10-20(18-24(22)26(21)30)28(2)15-7-4-8-16-28/h9-12,17-18H,3-8,13-16H2,1-2H3. The van der Waals surface area contributed by atoms with E-state index < -0.39 is 0 Å². The molecule has 5 rings (SSSR count). The molecule has 0 spiro atoms. The van der Waals surface area contributed by atoms with Gasteiger partial charge in [-0.1, -0.05) is 76.6 Å². The van der Waals surface area contributed by atoms with Gasteiger partial charge in [-0.25, -0.2) is 0 Å². The average Bonchev–Trinajstić information content (AvgIpc) is 2.78. The number of hydrogen-bond donors (Lipinski definition) is 0. The van der Waals surface area contributed by atoms with Gasteiger partial charge in [-0.3, -0.25) is 0 Å². The van der Waals surface area contributed by atoms with Crippen molar-refractivity contribution in [3.8, 4) is 0 Å². The summed E-state index contributed by atoms with van der Waals surface area (Å²) in [6, 6.07) is 14.4. The van der Waals surface area contributed by atoms with E-state index in [1.54, 1.807) is 0 Å². The second-order valence-electron chi connectivity index (χ2n) is 10.4. The molecule has 0 unspecified atom stereocenters. The van der Waals surface area contributed by atoms with Crippen LogP contribution in [0, 0.1) is 0 Å². The van der Waals surface area contributed by atoms with E-state index in [-0.39, 0.29) is 0 Å². The summed E-state index contributed by atoms with van der Waals surface area (Å²) >= 11 is 8.01. The smallest absolute Gasteiger partial charge is 0.0333 e. The summed E-state index contributed by atoms with van der Waals surface area (Å²) in [5.74, 6) is 0. The zero-order chi connectivity index (χ0) is 20.9. The van der Waals surface area contributed by atoms with Crippen molar-refractivity contribution in [3.05, 3.63) is 56.5 Å². The van der Waals surface area contributed by atoms with Gasteiger partial charge in [-0.2, -0.15) is 0 Å². The molecule has 0 nitrogen and oxygen atoms in total. The van der Waals surface area contributed by atoms with E-state index in [4.69, 9.17) is 0 Å². The highest BCUT2D eigenvalue weighted by Gasteiger charge is 2.31. The van der Waals surface area contributed by atoms with Crippen LogP contribution in [0.3, 0.4) is 0 Å². The molecule has 30 heavy (non-hydrogen) atoms. The molecule has 3 aromatic carbocycles. The Morgan fingerprint density at radius 2 is 0.900 bits per heavy atom. The molecule has 2 aliphatic carbocycles. The van der Waals surface area contributed by atoms with Gasteiger partial charge < -0.3 is 0 Å². The van der Waals surface area contributed by atoms with Crippen molar-refractivity contribution in [2.24, 2.45) is 0 Å². The topological polar surface area (TPSA) is 0 Å². The minimum atomic E-state index is 0.326. The largest absolute Gasteiger partial charge is 0.0578 e. The van der Waals surface area contributed by atoms with Crippen molar-refractivity contribution in [2.75, 3.05) is 0 Å². The third-order valence-corrected chi connectivity index (χ3v) is 10.0. The minimum Gasteiger partial charge on any atom is -0.0578 e. The molecule has 0 N–H and O–H groups in total. The lowest BCUT2D eigenvalue weighted by Gasteiger charge is -2.35. The van der Waals surface area contributed by atoms with Gasteiger partial charge in [0, 0.05) is 8.95 Å². The summed E-state index contributed by atoms with van der Waals surface area (Å²) in [7, 11) is 0. The Kier molecular flexibility index (Phi) is 5.55. The van der Waals surface area contributed by atoms with Crippen LogP contribution in [0.4, 0.5) is 0 Å². The summed E-state index contributed by atoms with van der Waals surface area (Å²) in [6.07, 6.45) is 13.5. The van der Waals surface area contributed by atoms with Gasteiger partial charge in [0.1, 0.15) is 0 Å². The van der Waals surface area contributed by atoms with Gasteiger partial charge in [0.25, 0.3) is 0 Å². The molecule has 0 bridgehead atoms. The second-order valence-corrected chi connectivity index (χ2v) is 12.0. The van der Waals surface area contributed by atoms with E-state index in [1.807, 2.05) is 0 Å². The normalized spacial score (nSPS) is 21.2. The molecule has 2 heteroatoms. The van der Waals surface area contributed by atoms with E-state index in [2.05, 4.69) is 82.1 Å². The zero-order valence-electron chi connectivity index (χ0n) is 18.3.